The van der Waals surface area contributed by atoms with Gasteiger partial charge in [0.1, 0.15) is 0 Å². The normalized spacial score (nSPS) is 11.8. The van der Waals surface area contributed by atoms with Crippen molar-refractivity contribution in [3.05, 3.63) is 52.0 Å². The summed E-state index contributed by atoms with van der Waals surface area (Å²) < 4.78 is 39.0. The SMILES string of the molecule is CCN(C)/C=N\c1cc(C)c(Nc2ccc(Cl)c(C(F)(F)F)c2)cc1C. The first-order valence-electron chi connectivity index (χ1n) is 8.11. The average Bonchev–Trinajstić information content (AvgIpc) is 2.56. The van der Waals surface area contributed by atoms with E-state index in [-0.39, 0.29) is 5.02 Å². The fourth-order valence-electron chi connectivity index (χ4n) is 2.29. The van der Waals surface area contributed by atoms with Crippen molar-refractivity contribution in [1.82, 2.24) is 4.90 Å². The third-order valence-electron chi connectivity index (χ3n) is 3.99. The van der Waals surface area contributed by atoms with Crippen molar-refractivity contribution >= 4 is 35.0 Å². The van der Waals surface area contributed by atoms with Gasteiger partial charge in [-0.05, 0) is 62.2 Å². The van der Waals surface area contributed by atoms with Crippen LogP contribution in [0.3, 0.4) is 0 Å². The van der Waals surface area contributed by atoms with Crippen LogP contribution in [0.1, 0.15) is 23.6 Å². The van der Waals surface area contributed by atoms with Gasteiger partial charge >= 0.3 is 6.18 Å². The van der Waals surface area contributed by atoms with Crippen LogP contribution in [-0.4, -0.2) is 24.8 Å². The first-order chi connectivity index (χ1) is 12.1. The maximum atomic E-state index is 13.0. The molecule has 0 atom stereocenters. The second-order valence-electron chi connectivity index (χ2n) is 6.09. The molecule has 0 aliphatic heterocycles. The molecule has 0 heterocycles. The van der Waals surface area contributed by atoms with Crippen LogP contribution in [0.4, 0.5) is 30.2 Å². The molecule has 0 saturated carbocycles. The molecule has 0 saturated heterocycles. The number of nitrogens with zero attached hydrogens (tertiary/aromatic N) is 2. The summed E-state index contributed by atoms with van der Waals surface area (Å²) in [6, 6.07) is 7.55. The van der Waals surface area contributed by atoms with Crippen molar-refractivity contribution in [2.75, 3.05) is 18.9 Å². The predicted molar refractivity (Wildman–Crippen MR) is 102 cm³/mol. The highest BCUT2D eigenvalue weighted by atomic mass is 35.5. The van der Waals surface area contributed by atoms with Gasteiger partial charge in [0.15, 0.2) is 0 Å². The van der Waals surface area contributed by atoms with Crippen LogP contribution in [0.15, 0.2) is 35.3 Å². The molecule has 0 spiro atoms. The lowest BCUT2D eigenvalue weighted by molar-refractivity contribution is -0.137. The Hall–Kier alpha value is -2.21. The van der Waals surface area contributed by atoms with E-state index in [2.05, 4.69) is 10.3 Å². The van der Waals surface area contributed by atoms with Gasteiger partial charge in [-0.1, -0.05) is 11.6 Å². The minimum atomic E-state index is -4.50. The summed E-state index contributed by atoms with van der Waals surface area (Å²) in [4.78, 5) is 6.40. The van der Waals surface area contributed by atoms with Crippen molar-refractivity contribution in [1.29, 1.82) is 0 Å². The highest BCUT2D eigenvalue weighted by molar-refractivity contribution is 6.31. The first kappa shape index (κ1) is 20.1. The molecule has 140 valence electrons. The number of alkyl halides is 3. The van der Waals surface area contributed by atoms with Gasteiger partial charge in [0.2, 0.25) is 0 Å². The quantitative estimate of drug-likeness (QED) is 0.482. The van der Waals surface area contributed by atoms with E-state index >= 15 is 0 Å². The van der Waals surface area contributed by atoms with Crippen molar-refractivity contribution in [2.45, 2.75) is 26.9 Å². The summed E-state index contributed by atoms with van der Waals surface area (Å²) in [5, 5.41) is 2.72. The number of nitrogens with one attached hydrogen (secondary N) is 1. The van der Waals surface area contributed by atoms with Gasteiger partial charge in [-0.15, -0.1) is 0 Å². The van der Waals surface area contributed by atoms with Gasteiger partial charge in [0.25, 0.3) is 0 Å². The van der Waals surface area contributed by atoms with Crippen LogP contribution in [-0.2, 0) is 6.18 Å². The van der Waals surface area contributed by atoms with Crippen molar-refractivity contribution in [3.8, 4) is 0 Å². The number of hydrogen-bond donors (Lipinski definition) is 1. The molecule has 0 fully saturated rings. The topological polar surface area (TPSA) is 27.6 Å². The minimum absolute atomic E-state index is 0.319. The number of aliphatic imine (C=N–C) groups is 1. The number of rotatable bonds is 5. The molecular formula is C19H21ClF3N3. The second-order valence-corrected chi connectivity index (χ2v) is 6.50. The number of anilines is 2. The van der Waals surface area contributed by atoms with Gasteiger partial charge in [-0.3, -0.25) is 0 Å². The lowest BCUT2D eigenvalue weighted by Gasteiger charge is -2.15. The molecule has 0 unspecified atom stereocenters. The van der Waals surface area contributed by atoms with Gasteiger partial charge in [0.05, 0.1) is 22.6 Å². The molecule has 0 amide bonds. The van der Waals surface area contributed by atoms with Crippen molar-refractivity contribution in [2.24, 2.45) is 4.99 Å². The predicted octanol–water partition coefficient (Wildman–Crippen LogP) is 6.33. The van der Waals surface area contributed by atoms with Crippen LogP contribution in [0.5, 0.6) is 0 Å². The van der Waals surface area contributed by atoms with E-state index in [1.165, 1.54) is 12.1 Å². The number of benzene rings is 2. The maximum Gasteiger partial charge on any atom is 0.417 e. The van der Waals surface area contributed by atoms with E-state index in [0.717, 1.165) is 35.1 Å². The van der Waals surface area contributed by atoms with E-state index in [4.69, 9.17) is 11.6 Å². The first-order valence-corrected chi connectivity index (χ1v) is 8.49. The Morgan fingerprint density at radius 2 is 1.85 bits per heavy atom. The molecule has 0 aliphatic rings. The Balaban J connectivity index is 2.31. The number of halogens is 4. The fraction of sp³-hybridized carbons (Fsp3) is 0.316. The molecule has 1 N–H and O–H groups in total. The van der Waals surface area contributed by atoms with Crippen LogP contribution in [0.25, 0.3) is 0 Å². The Bertz CT molecular complexity index is 816. The van der Waals surface area contributed by atoms with Gasteiger partial charge in [-0.25, -0.2) is 4.99 Å². The van der Waals surface area contributed by atoms with Crippen LogP contribution < -0.4 is 5.32 Å². The molecule has 3 nitrogen and oxygen atoms in total. The maximum absolute atomic E-state index is 13.0. The van der Waals surface area contributed by atoms with E-state index < -0.39 is 11.7 Å². The van der Waals surface area contributed by atoms with E-state index in [0.29, 0.717) is 5.69 Å². The number of hydrogen-bond acceptors (Lipinski definition) is 2. The second kappa shape index (κ2) is 7.99. The largest absolute Gasteiger partial charge is 0.417 e. The monoisotopic (exact) mass is 383 g/mol. The average molecular weight is 384 g/mol. The molecular weight excluding hydrogens is 363 g/mol. The Morgan fingerprint density at radius 3 is 2.46 bits per heavy atom. The fourth-order valence-corrected chi connectivity index (χ4v) is 2.52. The smallest absolute Gasteiger partial charge is 0.366 e. The minimum Gasteiger partial charge on any atom is -0.366 e. The molecule has 2 aromatic rings. The van der Waals surface area contributed by atoms with Crippen LogP contribution >= 0.6 is 11.6 Å². The van der Waals surface area contributed by atoms with E-state index in [9.17, 15) is 13.2 Å². The van der Waals surface area contributed by atoms with Gasteiger partial charge in [-0.2, -0.15) is 13.2 Å². The van der Waals surface area contributed by atoms with Gasteiger partial charge in [0, 0.05) is 25.0 Å². The molecule has 0 radical (unpaired) electrons. The Labute approximate surface area is 156 Å². The summed E-state index contributed by atoms with van der Waals surface area (Å²) in [6.45, 7) is 6.66. The van der Waals surface area contributed by atoms with E-state index in [1.807, 2.05) is 44.9 Å². The molecule has 0 aromatic heterocycles. The zero-order chi connectivity index (χ0) is 19.5. The summed E-state index contributed by atoms with van der Waals surface area (Å²) in [5.74, 6) is 0. The Kier molecular flexibility index (Phi) is 6.18. The standard InChI is InChI=1S/C19H21ClF3N3/c1-5-26(4)11-24-17-8-13(3)18(9-12(17)2)25-14-6-7-16(20)15(10-14)19(21,22)23/h6-11,25H,5H2,1-4H3/b24-11-. The van der Waals surface area contributed by atoms with E-state index in [1.54, 1.807) is 6.34 Å². The highest BCUT2D eigenvalue weighted by Gasteiger charge is 2.33. The molecule has 26 heavy (non-hydrogen) atoms. The summed E-state index contributed by atoms with van der Waals surface area (Å²) >= 11 is 5.67. The van der Waals surface area contributed by atoms with Crippen LogP contribution in [0, 0.1) is 13.8 Å². The van der Waals surface area contributed by atoms with Gasteiger partial charge < -0.3 is 10.2 Å². The lowest BCUT2D eigenvalue weighted by atomic mass is 10.1. The van der Waals surface area contributed by atoms with Crippen molar-refractivity contribution in [3.63, 3.8) is 0 Å². The lowest BCUT2D eigenvalue weighted by Crippen LogP contribution is -2.14. The number of aryl methyl sites for hydroxylation is 2. The zero-order valence-corrected chi connectivity index (χ0v) is 15.8. The Morgan fingerprint density at radius 1 is 1.15 bits per heavy atom. The highest BCUT2D eigenvalue weighted by Crippen LogP contribution is 2.37. The zero-order valence-electron chi connectivity index (χ0n) is 15.1. The summed E-state index contributed by atoms with van der Waals surface area (Å²) in [5.41, 5.74) is 2.81. The third kappa shape index (κ3) is 4.91. The van der Waals surface area contributed by atoms with Crippen LogP contribution in [0.2, 0.25) is 5.02 Å². The molecule has 7 heteroatoms. The third-order valence-corrected chi connectivity index (χ3v) is 4.32. The molecule has 2 aromatic carbocycles. The molecule has 2 rings (SSSR count). The van der Waals surface area contributed by atoms with Crippen molar-refractivity contribution < 1.29 is 13.2 Å². The molecule has 0 bridgehead atoms. The molecule has 0 aliphatic carbocycles. The summed E-state index contributed by atoms with van der Waals surface area (Å²) in [6.07, 6.45) is -2.74. The summed E-state index contributed by atoms with van der Waals surface area (Å²) in [7, 11) is 1.93.